The van der Waals surface area contributed by atoms with Gasteiger partial charge in [0.2, 0.25) is 5.76 Å². The Bertz CT molecular complexity index is 398. The Balaban J connectivity index is 2.06. The minimum absolute atomic E-state index is 0.0590. The molecule has 5 nitrogen and oxygen atoms in total. The number of aromatic nitrogens is 1. The van der Waals surface area contributed by atoms with Gasteiger partial charge in [-0.25, -0.2) is 0 Å². The first-order valence-electron chi connectivity index (χ1n) is 5.42. The average Bonchev–Trinajstić information content (AvgIpc) is 3.02. The Hall–Kier alpha value is -1.36. The van der Waals surface area contributed by atoms with Crippen molar-refractivity contribution in [3.05, 3.63) is 17.5 Å². The Kier molecular flexibility index (Phi) is 2.71. The number of nitrogens with one attached hydrogen (secondary N) is 1. The molecule has 1 aromatic heterocycles. The van der Waals surface area contributed by atoms with Crippen LogP contribution in [0.3, 0.4) is 0 Å². The van der Waals surface area contributed by atoms with Crippen LogP contribution in [0.5, 0.6) is 0 Å². The molecule has 1 aromatic rings. The van der Waals surface area contributed by atoms with Gasteiger partial charge in [-0.1, -0.05) is 5.16 Å². The van der Waals surface area contributed by atoms with Crippen LogP contribution in [0.1, 0.15) is 36.0 Å². The first-order chi connectivity index (χ1) is 7.55. The molecule has 1 aliphatic carbocycles. The number of aliphatic hydroxyl groups excluding tert-OH is 1. The number of nitrogens with zero attached hydrogens (tertiary/aromatic N) is 1. The van der Waals surface area contributed by atoms with Crippen molar-refractivity contribution in [1.29, 1.82) is 0 Å². The molecule has 0 aliphatic heterocycles. The monoisotopic (exact) mass is 224 g/mol. The third-order valence-corrected chi connectivity index (χ3v) is 3.06. The highest BCUT2D eigenvalue weighted by atomic mass is 16.5. The molecule has 0 spiro atoms. The van der Waals surface area contributed by atoms with Gasteiger partial charge in [0.1, 0.15) is 0 Å². The zero-order valence-electron chi connectivity index (χ0n) is 9.49. The maximum absolute atomic E-state index is 11.8. The molecule has 1 aliphatic rings. The molecule has 1 heterocycles. The van der Waals surface area contributed by atoms with Crippen molar-refractivity contribution in [2.75, 3.05) is 6.61 Å². The van der Waals surface area contributed by atoms with Crippen LogP contribution in [0, 0.1) is 12.8 Å². The molecular formula is C11H16N2O3. The largest absolute Gasteiger partial charge is 0.394 e. The van der Waals surface area contributed by atoms with E-state index >= 15 is 0 Å². The summed E-state index contributed by atoms with van der Waals surface area (Å²) in [6.07, 6.45) is 2.10. The molecule has 1 atom stereocenters. The van der Waals surface area contributed by atoms with Crippen LogP contribution in [0.15, 0.2) is 10.6 Å². The zero-order chi connectivity index (χ0) is 11.8. The number of carbonyl (C=O) groups excluding carboxylic acids is 1. The van der Waals surface area contributed by atoms with Gasteiger partial charge in [-0.3, -0.25) is 4.79 Å². The predicted octanol–water partition coefficient (Wildman–Crippen LogP) is 0.874. The maximum Gasteiger partial charge on any atom is 0.290 e. The van der Waals surface area contributed by atoms with E-state index in [2.05, 4.69) is 10.5 Å². The molecule has 88 valence electrons. The van der Waals surface area contributed by atoms with E-state index < -0.39 is 5.54 Å². The van der Waals surface area contributed by atoms with Crippen molar-refractivity contribution >= 4 is 5.91 Å². The summed E-state index contributed by atoms with van der Waals surface area (Å²) >= 11 is 0. The third kappa shape index (κ3) is 2.09. The molecule has 2 N–H and O–H groups in total. The Morgan fingerprint density at radius 1 is 1.75 bits per heavy atom. The first-order valence-corrected chi connectivity index (χ1v) is 5.42. The highest BCUT2D eigenvalue weighted by Gasteiger charge is 2.42. The summed E-state index contributed by atoms with van der Waals surface area (Å²) in [4.78, 5) is 11.8. The van der Waals surface area contributed by atoms with Gasteiger partial charge in [0.05, 0.1) is 17.8 Å². The number of aryl methyl sites for hydroxylation is 1. The molecular weight excluding hydrogens is 208 g/mol. The summed E-state index contributed by atoms with van der Waals surface area (Å²) in [6.45, 7) is 3.55. The van der Waals surface area contributed by atoms with Gasteiger partial charge < -0.3 is 14.9 Å². The van der Waals surface area contributed by atoms with Crippen LogP contribution in [-0.2, 0) is 0 Å². The SMILES string of the molecule is Cc1cc(C(=O)NC(C)(CO)C2CC2)on1. The maximum atomic E-state index is 11.8. The highest BCUT2D eigenvalue weighted by molar-refractivity contribution is 5.92. The number of hydrogen-bond acceptors (Lipinski definition) is 4. The predicted molar refractivity (Wildman–Crippen MR) is 56.9 cm³/mol. The molecule has 0 aromatic carbocycles. The summed E-state index contributed by atoms with van der Waals surface area (Å²) in [5.41, 5.74) is 0.125. The zero-order valence-corrected chi connectivity index (χ0v) is 9.49. The second-order valence-corrected chi connectivity index (χ2v) is 4.64. The van der Waals surface area contributed by atoms with E-state index in [1.54, 1.807) is 13.0 Å². The van der Waals surface area contributed by atoms with Gasteiger partial charge in [-0.2, -0.15) is 0 Å². The molecule has 1 saturated carbocycles. The summed E-state index contributed by atoms with van der Waals surface area (Å²) in [7, 11) is 0. The summed E-state index contributed by atoms with van der Waals surface area (Å²) < 4.78 is 4.87. The quantitative estimate of drug-likeness (QED) is 0.795. The standard InChI is InChI=1S/C11H16N2O3/c1-7-5-9(16-13-7)10(15)12-11(2,6-14)8-3-4-8/h5,8,14H,3-4,6H2,1-2H3,(H,12,15). The van der Waals surface area contributed by atoms with E-state index in [0.717, 1.165) is 12.8 Å². The van der Waals surface area contributed by atoms with Gasteiger partial charge in [-0.05, 0) is 32.6 Å². The van der Waals surface area contributed by atoms with E-state index in [-0.39, 0.29) is 18.3 Å². The number of carbonyl (C=O) groups is 1. The van der Waals surface area contributed by atoms with Crippen molar-refractivity contribution in [2.24, 2.45) is 5.92 Å². The second kappa shape index (κ2) is 3.90. The van der Waals surface area contributed by atoms with Gasteiger partial charge in [0.15, 0.2) is 0 Å². The summed E-state index contributed by atoms with van der Waals surface area (Å²) in [6, 6.07) is 1.58. The van der Waals surface area contributed by atoms with Crippen LogP contribution in [0.2, 0.25) is 0 Å². The fourth-order valence-corrected chi connectivity index (χ4v) is 1.78. The van der Waals surface area contributed by atoms with E-state index in [9.17, 15) is 9.90 Å². The molecule has 0 radical (unpaired) electrons. The van der Waals surface area contributed by atoms with Crippen molar-refractivity contribution in [3.63, 3.8) is 0 Å². The first kappa shape index (κ1) is 11.1. The van der Waals surface area contributed by atoms with Crippen LogP contribution < -0.4 is 5.32 Å². The van der Waals surface area contributed by atoms with Gasteiger partial charge in [0.25, 0.3) is 5.91 Å². The van der Waals surface area contributed by atoms with Crippen LogP contribution in [0.25, 0.3) is 0 Å². The Morgan fingerprint density at radius 2 is 2.44 bits per heavy atom. The van der Waals surface area contributed by atoms with E-state index in [1.807, 2.05) is 6.92 Å². The average molecular weight is 224 g/mol. The highest BCUT2D eigenvalue weighted by Crippen LogP contribution is 2.39. The number of rotatable bonds is 4. The van der Waals surface area contributed by atoms with Crippen molar-refractivity contribution in [2.45, 2.75) is 32.2 Å². The Labute approximate surface area is 93.8 Å². The molecule has 5 heteroatoms. The van der Waals surface area contributed by atoms with Gasteiger partial charge in [0, 0.05) is 6.07 Å². The van der Waals surface area contributed by atoms with E-state index in [4.69, 9.17) is 4.52 Å². The molecule has 1 fully saturated rings. The summed E-state index contributed by atoms with van der Waals surface area (Å²) in [5.74, 6) is 0.243. The fourth-order valence-electron chi connectivity index (χ4n) is 1.78. The molecule has 16 heavy (non-hydrogen) atoms. The molecule has 1 amide bonds. The molecule has 0 saturated heterocycles. The topological polar surface area (TPSA) is 75.4 Å². The van der Waals surface area contributed by atoms with Crippen LogP contribution in [0.4, 0.5) is 0 Å². The van der Waals surface area contributed by atoms with E-state index in [0.29, 0.717) is 11.6 Å². The van der Waals surface area contributed by atoms with Crippen molar-refractivity contribution in [1.82, 2.24) is 10.5 Å². The van der Waals surface area contributed by atoms with Crippen molar-refractivity contribution < 1.29 is 14.4 Å². The number of amides is 1. The fraction of sp³-hybridized carbons (Fsp3) is 0.636. The smallest absolute Gasteiger partial charge is 0.290 e. The van der Waals surface area contributed by atoms with Gasteiger partial charge >= 0.3 is 0 Å². The number of aliphatic hydroxyl groups is 1. The van der Waals surface area contributed by atoms with Crippen LogP contribution >= 0.6 is 0 Å². The molecule has 2 rings (SSSR count). The minimum Gasteiger partial charge on any atom is -0.394 e. The molecule has 0 bridgehead atoms. The lowest BCUT2D eigenvalue weighted by Gasteiger charge is -2.28. The Morgan fingerprint density at radius 3 is 2.88 bits per heavy atom. The lowest BCUT2D eigenvalue weighted by molar-refractivity contribution is 0.0788. The molecule has 1 unspecified atom stereocenters. The minimum atomic E-state index is -0.544. The lowest BCUT2D eigenvalue weighted by atomic mass is 9.97. The van der Waals surface area contributed by atoms with Gasteiger partial charge in [-0.15, -0.1) is 0 Å². The normalized spacial score (nSPS) is 19.2. The lowest BCUT2D eigenvalue weighted by Crippen LogP contribution is -2.50. The van der Waals surface area contributed by atoms with E-state index in [1.165, 1.54) is 0 Å². The summed E-state index contributed by atoms with van der Waals surface area (Å²) in [5, 5.41) is 15.8. The number of hydrogen-bond donors (Lipinski definition) is 2. The second-order valence-electron chi connectivity index (χ2n) is 4.64. The van der Waals surface area contributed by atoms with Crippen molar-refractivity contribution in [3.8, 4) is 0 Å². The third-order valence-electron chi connectivity index (χ3n) is 3.06. The van der Waals surface area contributed by atoms with Crippen LogP contribution in [-0.4, -0.2) is 28.3 Å².